The number of hydrogen-bond donors (Lipinski definition) is 3. The minimum absolute atomic E-state index is 0.154. The van der Waals surface area contributed by atoms with Crippen LogP contribution in [0.2, 0.25) is 0 Å². The van der Waals surface area contributed by atoms with Crippen molar-refractivity contribution in [2.24, 2.45) is 4.99 Å². The summed E-state index contributed by atoms with van der Waals surface area (Å²) in [5.74, 6) is 1.05. The predicted molar refractivity (Wildman–Crippen MR) is 103 cm³/mol. The van der Waals surface area contributed by atoms with Crippen molar-refractivity contribution in [2.45, 2.75) is 63.5 Å². The molecule has 1 amide bonds. The van der Waals surface area contributed by atoms with Gasteiger partial charge in [0.05, 0.1) is 18.7 Å². The topological polar surface area (TPSA) is 80.2 Å². The molecule has 3 fully saturated rings. The third kappa shape index (κ3) is 5.84. The lowest BCUT2D eigenvalue weighted by Crippen LogP contribution is -2.54. The van der Waals surface area contributed by atoms with Crippen LogP contribution in [0.1, 0.15) is 51.9 Å². The van der Waals surface area contributed by atoms with Gasteiger partial charge in [-0.25, -0.2) is 0 Å². The van der Waals surface area contributed by atoms with Crippen LogP contribution < -0.4 is 10.6 Å². The number of guanidine groups is 1. The van der Waals surface area contributed by atoms with Gasteiger partial charge >= 0.3 is 0 Å². The zero-order valence-electron chi connectivity index (χ0n) is 16.2. The summed E-state index contributed by atoms with van der Waals surface area (Å²) in [6.45, 7) is 7.34. The van der Waals surface area contributed by atoms with Gasteiger partial charge in [-0.2, -0.15) is 0 Å². The number of piperazine rings is 1. The van der Waals surface area contributed by atoms with Crippen molar-refractivity contribution in [2.75, 3.05) is 45.8 Å². The van der Waals surface area contributed by atoms with Crippen molar-refractivity contribution < 1.29 is 9.90 Å². The van der Waals surface area contributed by atoms with Crippen LogP contribution in [0.5, 0.6) is 0 Å². The van der Waals surface area contributed by atoms with Crippen LogP contribution in [-0.4, -0.2) is 84.2 Å². The summed E-state index contributed by atoms with van der Waals surface area (Å²) in [7, 11) is 0. The van der Waals surface area contributed by atoms with Gasteiger partial charge in [0.1, 0.15) is 0 Å². The molecule has 0 radical (unpaired) electrons. The van der Waals surface area contributed by atoms with E-state index < -0.39 is 5.60 Å². The average molecular weight is 366 g/mol. The molecule has 1 heterocycles. The second kappa shape index (κ2) is 9.04. The van der Waals surface area contributed by atoms with Crippen molar-refractivity contribution in [1.82, 2.24) is 20.4 Å². The Bertz CT molecular complexity index is 492. The Morgan fingerprint density at radius 1 is 1.15 bits per heavy atom. The molecule has 148 valence electrons. The lowest BCUT2D eigenvalue weighted by Gasteiger charge is -2.37. The Kier molecular flexibility index (Phi) is 6.75. The first kappa shape index (κ1) is 19.4. The molecule has 7 heteroatoms. The van der Waals surface area contributed by atoms with Crippen LogP contribution in [0.25, 0.3) is 0 Å². The number of rotatable bonds is 6. The summed E-state index contributed by atoms with van der Waals surface area (Å²) in [5, 5.41) is 17.1. The maximum absolute atomic E-state index is 12.0. The molecular formula is C19H35N5O2. The van der Waals surface area contributed by atoms with Crippen molar-refractivity contribution in [3.8, 4) is 0 Å². The van der Waals surface area contributed by atoms with E-state index in [4.69, 9.17) is 4.99 Å². The van der Waals surface area contributed by atoms with E-state index in [0.29, 0.717) is 19.1 Å². The Morgan fingerprint density at radius 3 is 2.46 bits per heavy atom. The van der Waals surface area contributed by atoms with Crippen molar-refractivity contribution in [3.63, 3.8) is 0 Å². The summed E-state index contributed by atoms with van der Waals surface area (Å²) in [4.78, 5) is 21.2. The highest BCUT2D eigenvalue weighted by molar-refractivity contribution is 5.80. The molecule has 3 aliphatic rings. The fourth-order valence-electron chi connectivity index (χ4n) is 3.84. The molecule has 3 rings (SSSR count). The van der Waals surface area contributed by atoms with Crippen molar-refractivity contribution >= 4 is 11.9 Å². The van der Waals surface area contributed by atoms with Gasteiger partial charge in [0.15, 0.2) is 5.96 Å². The van der Waals surface area contributed by atoms with Gasteiger partial charge in [-0.05, 0) is 32.6 Å². The molecule has 0 spiro atoms. The van der Waals surface area contributed by atoms with Crippen LogP contribution in [0.3, 0.4) is 0 Å². The molecule has 3 N–H and O–H groups in total. The Balaban J connectivity index is 1.47. The number of aliphatic hydroxyl groups is 1. The predicted octanol–water partition coefficient (Wildman–Crippen LogP) is 0.543. The Morgan fingerprint density at radius 2 is 1.85 bits per heavy atom. The standard InChI is InChI=1S/C19H35N5O2/c1-2-20-18(21-15-19(26)8-4-3-5-9-19)24-12-10-23(11-13-24)14-17(25)22-16-6-7-16/h16,26H,2-15H2,1H3,(H,20,21)(H,22,25). The SMILES string of the molecule is CCNC(=NCC1(O)CCCCC1)N1CCN(CC(=O)NC2CC2)CC1. The first-order valence-corrected chi connectivity index (χ1v) is 10.4. The number of amides is 1. The van der Waals surface area contributed by atoms with E-state index in [9.17, 15) is 9.90 Å². The largest absolute Gasteiger partial charge is 0.388 e. The van der Waals surface area contributed by atoms with Gasteiger partial charge in [-0.1, -0.05) is 19.3 Å². The second-order valence-electron chi connectivity index (χ2n) is 8.06. The number of carbonyl (C=O) groups excluding carboxylic acids is 1. The molecule has 2 saturated carbocycles. The highest BCUT2D eigenvalue weighted by Gasteiger charge is 2.30. The van der Waals surface area contributed by atoms with Gasteiger partial charge in [0.25, 0.3) is 0 Å². The van der Waals surface area contributed by atoms with Gasteiger partial charge in [-0.15, -0.1) is 0 Å². The van der Waals surface area contributed by atoms with E-state index in [0.717, 1.165) is 77.2 Å². The smallest absolute Gasteiger partial charge is 0.234 e. The molecule has 0 aromatic rings. The van der Waals surface area contributed by atoms with Gasteiger partial charge in [0, 0.05) is 38.8 Å². The van der Waals surface area contributed by atoms with E-state index in [2.05, 4.69) is 27.4 Å². The lowest BCUT2D eigenvalue weighted by atomic mass is 9.85. The summed E-state index contributed by atoms with van der Waals surface area (Å²) in [6, 6.07) is 0.432. The number of carbonyl (C=O) groups is 1. The molecule has 0 unspecified atom stereocenters. The van der Waals surface area contributed by atoms with E-state index in [1.54, 1.807) is 0 Å². The van der Waals surface area contributed by atoms with E-state index in [1.807, 2.05) is 0 Å². The van der Waals surface area contributed by atoms with Crippen molar-refractivity contribution in [3.05, 3.63) is 0 Å². The third-order valence-corrected chi connectivity index (χ3v) is 5.62. The number of aliphatic imine (C=N–C) groups is 1. The van der Waals surface area contributed by atoms with Gasteiger partial charge in [-0.3, -0.25) is 14.7 Å². The molecule has 7 nitrogen and oxygen atoms in total. The quantitative estimate of drug-likeness (QED) is 0.473. The summed E-state index contributed by atoms with van der Waals surface area (Å²) < 4.78 is 0. The number of nitrogens with zero attached hydrogens (tertiary/aromatic N) is 3. The number of nitrogens with one attached hydrogen (secondary N) is 2. The fourth-order valence-corrected chi connectivity index (χ4v) is 3.84. The molecule has 2 aliphatic carbocycles. The molecular weight excluding hydrogens is 330 g/mol. The van der Waals surface area contributed by atoms with E-state index in [1.165, 1.54) is 6.42 Å². The van der Waals surface area contributed by atoms with Crippen molar-refractivity contribution in [1.29, 1.82) is 0 Å². The zero-order chi connectivity index (χ0) is 18.4. The van der Waals surface area contributed by atoms with E-state index in [-0.39, 0.29) is 5.91 Å². The first-order chi connectivity index (χ1) is 12.6. The molecule has 1 aliphatic heterocycles. The third-order valence-electron chi connectivity index (χ3n) is 5.62. The van der Waals surface area contributed by atoms with Crippen LogP contribution in [0, 0.1) is 0 Å². The molecule has 0 aromatic carbocycles. The lowest BCUT2D eigenvalue weighted by molar-refractivity contribution is -0.122. The van der Waals surface area contributed by atoms with Crippen LogP contribution >= 0.6 is 0 Å². The summed E-state index contributed by atoms with van der Waals surface area (Å²) >= 11 is 0. The van der Waals surface area contributed by atoms with Gasteiger partial charge in [0.2, 0.25) is 5.91 Å². The van der Waals surface area contributed by atoms with E-state index >= 15 is 0 Å². The maximum Gasteiger partial charge on any atom is 0.234 e. The van der Waals surface area contributed by atoms with Crippen LogP contribution in [-0.2, 0) is 4.79 Å². The summed E-state index contributed by atoms with van der Waals surface area (Å²) in [5.41, 5.74) is -0.623. The molecule has 1 saturated heterocycles. The van der Waals surface area contributed by atoms with Crippen LogP contribution in [0.15, 0.2) is 4.99 Å². The highest BCUT2D eigenvalue weighted by atomic mass is 16.3. The monoisotopic (exact) mass is 365 g/mol. The van der Waals surface area contributed by atoms with Crippen LogP contribution in [0.4, 0.5) is 0 Å². The average Bonchev–Trinajstić information content (AvgIpc) is 3.44. The molecule has 0 aromatic heterocycles. The molecule has 26 heavy (non-hydrogen) atoms. The molecule has 0 bridgehead atoms. The minimum atomic E-state index is -0.623. The number of hydrogen-bond acceptors (Lipinski definition) is 4. The fraction of sp³-hybridized carbons (Fsp3) is 0.895. The highest BCUT2D eigenvalue weighted by Crippen LogP contribution is 2.28. The zero-order valence-corrected chi connectivity index (χ0v) is 16.2. The summed E-state index contributed by atoms with van der Waals surface area (Å²) in [6.07, 6.45) is 7.42. The molecule has 0 atom stereocenters. The minimum Gasteiger partial charge on any atom is -0.388 e. The normalized spacial score (nSPS) is 24.4. The second-order valence-corrected chi connectivity index (χ2v) is 8.06. The Labute approximate surface area is 157 Å². The first-order valence-electron chi connectivity index (χ1n) is 10.4. The Hall–Kier alpha value is -1.34. The maximum atomic E-state index is 12.0. The van der Waals surface area contributed by atoms with Gasteiger partial charge < -0.3 is 20.6 Å².